The molecule has 2 rings (SSSR count). The third-order valence-corrected chi connectivity index (χ3v) is 5.61. The van der Waals surface area contributed by atoms with Crippen molar-refractivity contribution >= 4 is 21.6 Å². The molecule has 0 fully saturated rings. The molecule has 0 atom stereocenters. The number of sulfonamides is 1. The summed E-state index contributed by atoms with van der Waals surface area (Å²) in [6.45, 7) is 0.0107. The van der Waals surface area contributed by atoms with Gasteiger partial charge < -0.3 is 4.74 Å². The number of methoxy groups -OCH3 is 1. The van der Waals surface area contributed by atoms with Gasteiger partial charge in [-0.15, -0.1) is 0 Å². The van der Waals surface area contributed by atoms with Crippen molar-refractivity contribution in [2.75, 3.05) is 20.3 Å². The van der Waals surface area contributed by atoms with Crippen LogP contribution in [0.4, 0.5) is 13.2 Å². The number of hydrogen-bond donors (Lipinski definition) is 1. The average molecular weight is 442 g/mol. The van der Waals surface area contributed by atoms with Gasteiger partial charge in [0.25, 0.3) is 5.56 Å². The number of aromatic nitrogens is 2. The van der Waals surface area contributed by atoms with Crippen molar-refractivity contribution in [1.29, 1.82) is 0 Å². The summed E-state index contributed by atoms with van der Waals surface area (Å²) >= 11 is 5.91. The number of nitrogens with one attached hydrogen (secondary N) is 1. The van der Waals surface area contributed by atoms with Crippen molar-refractivity contribution in [1.82, 2.24) is 13.9 Å². The van der Waals surface area contributed by atoms with E-state index in [0.29, 0.717) is 4.57 Å². The predicted octanol–water partition coefficient (Wildman–Crippen LogP) is 1.13. The zero-order chi connectivity index (χ0) is 21.3. The normalized spacial score (nSPS) is 12.4. The van der Waals surface area contributed by atoms with E-state index >= 15 is 0 Å². The molecule has 1 aromatic heterocycles. The molecule has 1 N–H and O–H groups in total. The fourth-order valence-corrected chi connectivity index (χ4v) is 3.86. The van der Waals surface area contributed by atoms with Gasteiger partial charge in [0.2, 0.25) is 10.0 Å². The van der Waals surface area contributed by atoms with Gasteiger partial charge in [-0.25, -0.2) is 22.5 Å². The van der Waals surface area contributed by atoms with E-state index in [9.17, 15) is 31.2 Å². The van der Waals surface area contributed by atoms with Crippen molar-refractivity contribution in [2.24, 2.45) is 7.05 Å². The highest BCUT2D eigenvalue weighted by Crippen LogP contribution is 2.27. The van der Waals surface area contributed by atoms with Crippen LogP contribution in [0.1, 0.15) is 5.69 Å². The smallest absolute Gasteiger partial charge is 0.383 e. The van der Waals surface area contributed by atoms with E-state index in [0.717, 1.165) is 25.2 Å². The van der Waals surface area contributed by atoms with Crippen molar-refractivity contribution in [2.45, 2.75) is 11.1 Å². The summed E-state index contributed by atoms with van der Waals surface area (Å²) in [5.74, 6) is 0. The lowest BCUT2D eigenvalue weighted by Gasteiger charge is -2.15. The SMILES string of the molecule is COCCNS(=O)(=O)c1cc(-n2c(=O)cc(C(F)(F)F)n(C)c2=O)ccc1Cl. The first kappa shape index (κ1) is 22.1. The zero-order valence-corrected chi connectivity index (χ0v) is 16.2. The van der Waals surface area contributed by atoms with Crippen LogP contribution in [0.15, 0.2) is 38.8 Å². The summed E-state index contributed by atoms with van der Waals surface area (Å²) in [6, 6.07) is 3.44. The van der Waals surface area contributed by atoms with Gasteiger partial charge in [0.15, 0.2) is 0 Å². The van der Waals surface area contributed by atoms with Crippen LogP contribution in [0.5, 0.6) is 0 Å². The largest absolute Gasteiger partial charge is 0.431 e. The minimum Gasteiger partial charge on any atom is -0.383 e. The summed E-state index contributed by atoms with van der Waals surface area (Å²) in [6.07, 6.45) is -4.91. The Labute approximate surface area is 162 Å². The highest BCUT2D eigenvalue weighted by molar-refractivity contribution is 7.89. The van der Waals surface area contributed by atoms with E-state index < -0.39 is 38.0 Å². The molecule has 2 aromatic rings. The van der Waals surface area contributed by atoms with Crippen molar-refractivity contribution in [3.05, 3.63) is 55.8 Å². The van der Waals surface area contributed by atoms with Crippen LogP contribution in [0.3, 0.4) is 0 Å². The van der Waals surface area contributed by atoms with Gasteiger partial charge >= 0.3 is 11.9 Å². The monoisotopic (exact) mass is 441 g/mol. The molecule has 1 aromatic carbocycles. The van der Waals surface area contributed by atoms with E-state index in [-0.39, 0.29) is 34.5 Å². The molecule has 13 heteroatoms. The van der Waals surface area contributed by atoms with E-state index in [2.05, 4.69) is 4.72 Å². The molecular formula is C15H15ClF3N3O5S. The Bertz CT molecular complexity index is 1110. The maximum atomic E-state index is 12.9. The molecule has 8 nitrogen and oxygen atoms in total. The van der Waals surface area contributed by atoms with Gasteiger partial charge in [0.05, 0.1) is 17.3 Å². The Morgan fingerprint density at radius 2 is 1.86 bits per heavy atom. The van der Waals surface area contributed by atoms with Crippen LogP contribution < -0.4 is 16.0 Å². The number of benzene rings is 1. The molecule has 0 aliphatic heterocycles. The second-order valence-corrected chi connectivity index (χ2v) is 7.69. The Morgan fingerprint density at radius 1 is 1.21 bits per heavy atom. The first-order chi connectivity index (χ1) is 12.9. The van der Waals surface area contributed by atoms with Crippen LogP contribution in [-0.2, 0) is 28.0 Å². The van der Waals surface area contributed by atoms with Crippen molar-refractivity contribution in [3.63, 3.8) is 0 Å². The third kappa shape index (κ3) is 4.46. The lowest BCUT2D eigenvalue weighted by molar-refractivity contribution is -0.144. The van der Waals surface area contributed by atoms with Crippen LogP contribution >= 0.6 is 11.6 Å². The van der Waals surface area contributed by atoms with Gasteiger partial charge in [-0.2, -0.15) is 13.2 Å². The fraction of sp³-hybridized carbons (Fsp3) is 0.333. The standard InChI is InChI=1S/C15H15ClF3N3O5S/c1-21-12(15(17,18)19)8-13(23)22(14(21)24)9-3-4-10(16)11(7-9)28(25,26)20-5-6-27-2/h3-4,7-8,20H,5-6H2,1-2H3. The topological polar surface area (TPSA) is 99.4 Å². The molecule has 0 aliphatic carbocycles. The van der Waals surface area contributed by atoms with Gasteiger partial charge in [-0.05, 0) is 18.2 Å². The number of ether oxygens (including phenoxy) is 1. The number of hydrogen-bond acceptors (Lipinski definition) is 5. The highest BCUT2D eigenvalue weighted by Gasteiger charge is 2.35. The van der Waals surface area contributed by atoms with E-state index in [4.69, 9.17) is 16.3 Å². The van der Waals surface area contributed by atoms with Gasteiger partial charge in [0.1, 0.15) is 10.6 Å². The molecule has 0 amide bonds. The molecule has 0 unspecified atom stereocenters. The first-order valence-electron chi connectivity index (χ1n) is 7.59. The van der Waals surface area contributed by atoms with Crippen molar-refractivity contribution < 1.29 is 26.3 Å². The second kappa shape index (κ2) is 8.07. The number of nitrogens with zero attached hydrogens (tertiary/aromatic N) is 2. The van der Waals surface area contributed by atoms with E-state index in [1.807, 2.05) is 0 Å². The lowest BCUT2D eigenvalue weighted by Crippen LogP contribution is -2.40. The predicted molar refractivity (Wildman–Crippen MR) is 94.4 cm³/mol. The molecule has 28 heavy (non-hydrogen) atoms. The molecule has 0 saturated carbocycles. The quantitative estimate of drug-likeness (QED) is 0.677. The fourth-order valence-electron chi connectivity index (χ4n) is 2.33. The third-order valence-electron chi connectivity index (χ3n) is 3.67. The number of rotatable bonds is 6. The molecule has 0 aliphatic rings. The maximum absolute atomic E-state index is 12.9. The minimum absolute atomic E-state index is 0.0681. The van der Waals surface area contributed by atoms with Crippen LogP contribution in [0.2, 0.25) is 5.02 Å². The van der Waals surface area contributed by atoms with Crippen molar-refractivity contribution in [3.8, 4) is 5.69 Å². The Balaban J connectivity index is 2.64. The van der Waals surface area contributed by atoms with E-state index in [1.165, 1.54) is 7.11 Å². The molecule has 0 radical (unpaired) electrons. The van der Waals surface area contributed by atoms with Crippen LogP contribution in [0.25, 0.3) is 5.69 Å². The number of alkyl halides is 3. The maximum Gasteiger partial charge on any atom is 0.431 e. The molecular weight excluding hydrogens is 427 g/mol. The molecule has 154 valence electrons. The summed E-state index contributed by atoms with van der Waals surface area (Å²) in [5, 5.41) is -0.203. The summed E-state index contributed by atoms with van der Waals surface area (Å²) < 4.78 is 71.2. The first-order valence-corrected chi connectivity index (χ1v) is 9.45. The van der Waals surface area contributed by atoms with E-state index in [1.54, 1.807) is 0 Å². The van der Waals surface area contributed by atoms with Gasteiger partial charge in [0, 0.05) is 26.8 Å². The highest BCUT2D eigenvalue weighted by atomic mass is 35.5. The summed E-state index contributed by atoms with van der Waals surface area (Å²) in [5.41, 5.74) is -4.25. The zero-order valence-electron chi connectivity index (χ0n) is 14.6. The van der Waals surface area contributed by atoms with Crippen LogP contribution in [-0.4, -0.2) is 37.8 Å². The van der Waals surface area contributed by atoms with Crippen LogP contribution in [0, 0.1) is 0 Å². The molecule has 0 bridgehead atoms. The Morgan fingerprint density at radius 3 is 2.43 bits per heavy atom. The summed E-state index contributed by atoms with van der Waals surface area (Å²) in [4.78, 5) is 24.0. The average Bonchev–Trinajstić information content (AvgIpc) is 2.58. The number of halogens is 4. The second-order valence-electron chi connectivity index (χ2n) is 5.55. The minimum atomic E-state index is -4.91. The molecule has 0 saturated heterocycles. The Kier molecular flexibility index (Phi) is 6.38. The molecule has 0 spiro atoms. The van der Waals surface area contributed by atoms with Gasteiger partial charge in [-0.1, -0.05) is 11.6 Å². The lowest BCUT2D eigenvalue weighted by atomic mass is 10.3. The van der Waals surface area contributed by atoms with Gasteiger partial charge in [-0.3, -0.25) is 9.36 Å². The Hall–Kier alpha value is -2.15. The summed E-state index contributed by atoms with van der Waals surface area (Å²) in [7, 11) is -1.91. The molecule has 1 heterocycles.